The second kappa shape index (κ2) is 8.82. The highest BCUT2D eigenvalue weighted by Crippen LogP contribution is 2.30. The highest BCUT2D eigenvalue weighted by atomic mass is 16.5. The second-order valence-electron chi connectivity index (χ2n) is 8.15. The molecule has 0 radical (unpaired) electrons. The number of fused-ring (bicyclic) bond motifs is 2. The first-order valence-electron chi connectivity index (χ1n) is 10.5. The minimum Gasteiger partial charge on any atom is -0.494 e. The van der Waals surface area contributed by atoms with Gasteiger partial charge in [0.25, 0.3) is 0 Å². The minimum absolute atomic E-state index is 0.747. The van der Waals surface area contributed by atoms with Gasteiger partial charge in [0.2, 0.25) is 0 Å². The van der Waals surface area contributed by atoms with Crippen LogP contribution in [0.1, 0.15) is 36.1 Å². The van der Waals surface area contributed by atoms with Crippen LogP contribution >= 0.6 is 0 Å². The lowest BCUT2D eigenvalue weighted by Gasteiger charge is -2.29. The molecule has 4 rings (SSSR count). The summed E-state index contributed by atoms with van der Waals surface area (Å²) in [4.78, 5) is 13.5. The van der Waals surface area contributed by atoms with Crippen LogP contribution in [0.25, 0.3) is 0 Å². The third kappa shape index (κ3) is 4.70. The molecule has 154 valence electrons. The SMILES string of the molecule is C=C1CCc2ccc(OCCCCN3CCc4c(ncnc4N(C)C)C3)cc2N1. The van der Waals surface area contributed by atoms with E-state index in [0.717, 1.165) is 81.3 Å². The van der Waals surface area contributed by atoms with Crippen LogP contribution in [0, 0.1) is 0 Å². The van der Waals surface area contributed by atoms with E-state index in [1.54, 1.807) is 6.33 Å². The molecule has 1 aromatic heterocycles. The molecule has 29 heavy (non-hydrogen) atoms. The summed E-state index contributed by atoms with van der Waals surface area (Å²) in [6.45, 7) is 7.85. The van der Waals surface area contributed by atoms with Crippen LogP contribution in [0.2, 0.25) is 0 Å². The lowest BCUT2D eigenvalue weighted by Crippen LogP contribution is -2.33. The van der Waals surface area contributed by atoms with E-state index in [2.05, 4.69) is 49.9 Å². The first-order valence-corrected chi connectivity index (χ1v) is 10.5. The molecule has 2 aliphatic rings. The maximum Gasteiger partial charge on any atom is 0.135 e. The van der Waals surface area contributed by atoms with Gasteiger partial charge in [-0.2, -0.15) is 0 Å². The number of ether oxygens (including phenoxy) is 1. The van der Waals surface area contributed by atoms with Crippen LogP contribution in [-0.2, 0) is 19.4 Å². The molecule has 0 bridgehead atoms. The fourth-order valence-electron chi connectivity index (χ4n) is 4.11. The Balaban J connectivity index is 1.21. The Hall–Kier alpha value is -2.60. The molecule has 0 fully saturated rings. The lowest BCUT2D eigenvalue weighted by molar-refractivity contribution is 0.232. The van der Waals surface area contributed by atoms with Gasteiger partial charge in [0.15, 0.2) is 0 Å². The van der Waals surface area contributed by atoms with E-state index in [9.17, 15) is 0 Å². The lowest BCUT2D eigenvalue weighted by atomic mass is 10.0. The van der Waals surface area contributed by atoms with Gasteiger partial charge in [-0.25, -0.2) is 9.97 Å². The molecule has 0 saturated carbocycles. The zero-order valence-corrected chi connectivity index (χ0v) is 17.6. The molecule has 3 heterocycles. The average Bonchev–Trinajstić information content (AvgIpc) is 2.72. The number of nitrogens with one attached hydrogen (secondary N) is 1. The summed E-state index contributed by atoms with van der Waals surface area (Å²) in [5, 5.41) is 3.37. The van der Waals surface area contributed by atoms with Crippen LogP contribution in [-0.4, -0.2) is 48.7 Å². The van der Waals surface area contributed by atoms with Gasteiger partial charge < -0.3 is 15.0 Å². The third-order valence-electron chi connectivity index (χ3n) is 5.71. The van der Waals surface area contributed by atoms with Gasteiger partial charge in [0.1, 0.15) is 17.9 Å². The Kier molecular flexibility index (Phi) is 6.00. The predicted octanol–water partition coefficient (Wildman–Crippen LogP) is 3.63. The number of benzene rings is 1. The molecule has 0 atom stereocenters. The molecule has 1 aromatic carbocycles. The number of allylic oxidation sites excluding steroid dienone is 1. The number of unbranched alkanes of at least 4 members (excludes halogenated alkanes) is 1. The molecule has 2 aliphatic heterocycles. The topological polar surface area (TPSA) is 53.5 Å². The zero-order chi connectivity index (χ0) is 20.2. The van der Waals surface area contributed by atoms with Gasteiger partial charge in [0.05, 0.1) is 12.3 Å². The molecular weight excluding hydrogens is 362 g/mol. The van der Waals surface area contributed by atoms with Crippen molar-refractivity contribution in [3.63, 3.8) is 0 Å². The summed E-state index contributed by atoms with van der Waals surface area (Å²) >= 11 is 0. The van der Waals surface area contributed by atoms with Crippen molar-refractivity contribution in [3.8, 4) is 5.75 Å². The summed E-state index contributed by atoms with van der Waals surface area (Å²) in [6.07, 6.45) is 6.95. The van der Waals surface area contributed by atoms with Crippen LogP contribution < -0.4 is 15.0 Å². The summed E-state index contributed by atoms with van der Waals surface area (Å²) in [6, 6.07) is 6.35. The van der Waals surface area contributed by atoms with Crippen molar-refractivity contribution in [3.05, 3.63) is 53.6 Å². The number of hydrogen-bond acceptors (Lipinski definition) is 6. The van der Waals surface area contributed by atoms with Crippen LogP contribution in [0.4, 0.5) is 11.5 Å². The Bertz CT molecular complexity index is 880. The summed E-state index contributed by atoms with van der Waals surface area (Å²) in [7, 11) is 4.09. The van der Waals surface area contributed by atoms with E-state index in [-0.39, 0.29) is 0 Å². The van der Waals surface area contributed by atoms with Crippen molar-refractivity contribution in [1.82, 2.24) is 14.9 Å². The Morgan fingerprint density at radius 3 is 2.93 bits per heavy atom. The number of rotatable bonds is 7. The average molecular weight is 394 g/mol. The summed E-state index contributed by atoms with van der Waals surface area (Å²) < 4.78 is 5.98. The van der Waals surface area contributed by atoms with Crippen LogP contribution in [0.15, 0.2) is 36.8 Å². The Morgan fingerprint density at radius 1 is 1.17 bits per heavy atom. The monoisotopic (exact) mass is 393 g/mol. The molecule has 0 aliphatic carbocycles. The Morgan fingerprint density at radius 2 is 2.07 bits per heavy atom. The largest absolute Gasteiger partial charge is 0.494 e. The number of nitrogens with zero attached hydrogens (tertiary/aromatic N) is 4. The molecule has 0 spiro atoms. The van der Waals surface area contributed by atoms with E-state index >= 15 is 0 Å². The summed E-state index contributed by atoms with van der Waals surface area (Å²) in [5.41, 5.74) is 6.05. The maximum absolute atomic E-state index is 5.98. The van der Waals surface area contributed by atoms with Crippen LogP contribution in [0.5, 0.6) is 5.75 Å². The van der Waals surface area contributed by atoms with Crippen LogP contribution in [0.3, 0.4) is 0 Å². The minimum atomic E-state index is 0.747. The van der Waals surface area contributed by atoms with Crippen molar-refractivity contribution in [1.29, 1.82) is 0 Å². The third-order valence-corrected chi connectivity index (χ3v) is 5.71. The van der Waals surface area contributed by atoms with Gasteiger partial charge in [-0.05, 0) is 50.3 Å². The number of aryl methyl sites for hydroxylation is 1. The first kappa shape index (κ1) is 19.7. The molecule has 0 amide bonds. The van der Waals surface area contributed by atoms with Crippen molar-refractivity contribution in [2.45, 2.75) is 38.6 Å². The second-order valence-corrected chi connectivity index (χ2v) is 8.15. The van der Waals surface area contributed by atoms with Gasteiger partial charge in [-0.15, -0.1) is 0 Å². The standard InChI is InChI=1S/C23H31N5O/c1-17-6-7-18-8-9-19(14-21(18)26-17)29-13-5-4-11-28-12-10-20-22(15-28)24-16-25-23(20)27(2)3/h8-9,14,16,26H,1,4-7,10-13,15H2,2-3H3. The number of hydrogen-bond donors (Lipinski definition) is 1. The van der Waals surface area contributed by atoms with Gasteiger partial charge >= 0.3 is 0 Å². The molecule has 6 nitrogen and oxygen atoms in total. The molecule has 0 unspecified atom stereocenters. The molecule has 6 heteroatoms. The molecular formula is C23H31N5O. The number of aromatic nitrogens is 2. The van der Waals surface area contributed by atoms with Crippen molar-refractivity contribution in [2.24, 2.45) is 0 Å². The highest BCUT2D eigenvalue weighted by molar-refractivity contribution is 5.60. The van der Waals surface area contributed by atoms with E-state index in [4.69, 9.17) is 4.74 Å². The molecule has 0 saturated heterocycles. The van der Waals surface area contributed by atoms with Gasteiger partial charge in [-0.3, -0.25) is 4.90 Å². The van der Waals surface area contributed by atoms with E-state index < -0.39 is 0 Å². The van der Waals surface area contributed by atoms with E-state index in [0.29, 0.717) is 0 Å². The van der Waals surface area contributed by atoms with Crippen molar-refractivity contribution >= 4 is 11.5 Å². The normalized spacial score (nSPS) is 16.0. The molecule has 1 N–H and O–H groups in total. The first-order chi connectivity index (χ1) is 14.1. The fraction of sp³-hybridized carbons (Fsp3) is 0.478. The van der Waals surface area contributed by atoms with Crippen molar-refractivity contribution < 1.29 is 4.74 Å². The van der Waals surface area contributed by atoms with E-state index in [1.807, 2.05) is 14.1 Å². The zero-order valence-electron chi connectivity index (χ0n) is 17.6. The predicted molar refractivity (Wildman–Crippen MR) is 118 cm³/mol. The smallest absolute Gasteiger partial charge is 0.135 e. The van der Waals surface area contributed by atoms with Gasteiger partial charge in [-0.1, -0.05) is 12.6 Å². The Labute approximate surface area is 173 Å². The quantitative estimate of drug-likeness (QED) is 0.725. The molecule has 2 aromatic rings. The highest BCUT2D eigenvalue weighted by Gasteiger charge is 2.21. The number of anilines is 2. The van der Waals surface area contributed by atoms with E-state index in [1.165, 1.54) is 16.8 Å². The summed E-state index contributed by atoms with van der Waals surface area (Å²) in [5.74, 6) is 2.00. The maximum atomic E-state index is 5.98. The fourth-order valence-corrected chi connectivity index (χ4v) is 4.11. The van der Waals surface area contributed by atoms with Gasteiger partial charge in [0, 0.05) is 50.2 Å². The van der Waals surface area contributed by atoms with Crippen molar-refractivity contribution in [2.75, 3.05) is 44.0 Å².